The molecule has 0 bridgehead atoms. The first-order valence-electron chi connectivity index (χ1n) is 11.7. The van der Waals surface area contributed by atoms with E-state index in [-0.39, 0.29) is 11.6 Å². The molecule has 0 radical (unpaired) electrons. The van der Waals surface area contributed by atoms with Crippen LogP contribution in [0.4, 0.5) is 5.95 Å². The topological polar surface area (TPSA) is 75.5 Å². The number of nitrogens with zero attached hydrogens (tertiary/aromatic N) is 3. The lowest BCUT2D eigenvalue weighted by Crippen LogP contribution is -2.25. The van der Waals surface area contributed by atoms with Crippen molar-refractivity contribution in [3.63, 3.8) is 0 Å². The van der Waals surface area contributed by atoms with Gasteiger partial charge in [-0.1, -0.05) is 49.7 Å². The number of aromatic carboxylic acids is 1. The van der Waals surface area contributed by atoms with E-state index >= 15 is 0 Å². The molecule has 0 unspecified atom stereocenters. The Balaban J connectivity index is 1.51. The Bertz CT molecular complexity index is 1120. The molecular weight excluding hydrogens is 450 g/mol. The molecule has 1 fully saturated rings. The minimum absolute atomic E-state index is 0.152. The fourth-order valence-electron chi connectivity index (χ4n) is 4.23. The number of benzene rings is 2. The second-order valence-electron chi connectivity index (χ2n) is 9.09. The number of halogens is 1. The summed E-state index contributed by atoms with van der Waals surface area (Å²) >= 11 is 6.06. The van der Waals surface area contributed by atoms with Crippen LogP contribution >= 0.6 is 11.6 Å². The molecule has 0 amide bonds. The number of carbonyl (C=O) groups is 1. The third kappa shape index (κ3) is 5.86. The summed E-state index contributed by atoms with van der Waals surface area (Å²) in [6.07, 6.45) is 4.66. The van der Waals surface area contributed by atoms with Gasteiger partial charge in [-0.15, -0.1) is 0 Å². The third-order valence-corrected chi connectivity index (χ3v) is 6.26. The summed E-state index contributed by atoms with van der Waals surface area (Å²) in [5, 5.41) is 10.4. The zero-order valence-electron chi connectivity index (χ0n) is 19.6. The molecule has 178 valence electrons. The van der Waals surface area contributed by atoms with E-state index in [9.17, 15) is 9.90 Å². The molecule has 1 atom stereocenters. The van der Waals surface area contributed by atoms with Gasteiger partial charge in [0.05, 0.1) is 23.9 Å². The molecule has 0 aliphatic carbocycles. The minimum Gasteiger partial charge on any atom is -0.493 e. The maximum absolute atomic E-state index is 11.8. The van der Waals surface area contributed by atoms with Gasteiger partial charge in [0.15, 0.2) is 0 Å². The molecule has 34 heavy (non-hydrogen) atoms. The van der Waals surface area contributed by atoms with Crippen molar-refractivity contribution in [1.29, 1.82) is 0 Å². The van der Waals surface area contributed by atoms with E-state index < -0.39 is 5.97 Å². The van der Waals surface area contributed by atoms with E-state index in [4.69, 9.17) is 21.3 Å². The Morgan fingerprint density at radius 3 is 2.56 bits per heavy atom. The van der Waals surface area contributed by atoms with Gasteiger partial charge in [-0.2, -0.15) is 0 Å². The quantitative estimate of drug-likeness (QED) is 0.406. The van der Waals surface area contributed by atoms with Gasteiger partial charge in [0.2, 0.25) is 5.95 Å². The van der Waals surface area contributed by atoms with Crippen LogP contribution in [-0.2, 0) is 12.8 Å². The highest BCUT2D eigenvalue weighted by Gasteiger charge is 2.29. The maximum atomic E-state index is 11.8. The number of rotatable bonds is 9. The molecule has 0 spiro atoms. The Morgan fingerprint density at radius 1 is 1.15 bits per heavy atom. The molecule has 1 aliphatic rings. The second kappa shape index (κ2) is 10.9. The SMILES string of the molecule is CC(C)COc1ccc(CCc2nc(N3CCC[C@@H]3c3ccc(Cl)cc3)ncc2C(=O)O)cc1. The number of carboxylic acid groups (broad SMARTS) is 1. The lowest BCUT2D eigenvalue weighted by molar-refractivity contribution is 0.0694. The van der Waals surface area contributed by atoms with Crippen LogP contribution in [0.2, 0.25) is 5.02 Å². The van der Waals surface area contributed by atoms with E-state index in [0.29, 0.717) is 42.0 Å². The van der Waals surface area contributed by atoms with Gasteiger partial charge in [0.25, 0.3) is 0 Å². The predicted molar refractivity (Wildman–Crippen MR) is 134 cm³/mol. The Morgan fingerprint density at radius 2 is 1.88 bits per heavy atom. The van der Waals surface area contributed by atoms with Crippen molar-refractivity contribution in [1.82, 2.24) is 9.97 Å². The molecule has 2 heterocycles. The summed E-state index contributed by atoms with van der Waals surface area (Å²) < 4.78 is 5.75. The zero-order valence-corrected chi connectivity index (χ0v) is 20.3. The summed E-state index contributed by atoms with van der Waals surface area (Å²) in [6.45, 7) is 5.74. The van der Waals surface area contributed by atoms with Crippen molar-refractivity contribution in [3.8, 4) is 5.75 Å². The molecule has 2 aromatic carbocycles. The summed E-state index contributed by atoms with van der Waals surface area (Å²) in [5.41, 5.74) is 2.98. The number of carboxylic acids is 1. The van der Waals surface area contributed by atoms with Crippen molar-refractivity contribution in [2.24, 2.45) is 5.92 Å². The maximum Gasteiger partial charge on any atom is 0.339 e. The Kier molecular flexibility index (Phi) is 7.68. The lowest BCUT2D eigenvalue weighted by atomic mass is 10.0. The first-order chi connectivity index (χ1) is 16.4. The summed E-state index contributed by atoms with van der Waals surface area (Å²) in [6, 6.07) is 16.0. The van der Waals surface area contributed by atoms with Gasteiger partial charge in [-0.25, -0.2) is 14.8 Å². The van der Waals surface area contributed by atoms with Crippen LogP contribution in [0, 0.1) is 5.92 Å². The third-order valence-electron chi connectivity index (χ3n) is 6.01. The summed E-state index contributed by atoms with van der Waals surface area (Å²) in [5.74, 6) is 0.885. The predicted octanol–water partition coefficient (Wildman–Crippen LogP) is 5.99. The van der Waals surface area contributed by atoms with Crippen molar-refractivity contribution in [2.45, 2.75) is 45.6 Å². The first-order valence-corrected chi connectivity index (χ1v) is 12.1. The second-order valence-corrected chi connectivity index (χ2v) is 9.52. The van der Waals surface area contributed by atoms with Crippen molar-refractivity contribution in [2.75, 3.05) is 18.1 Å². The standard InChI is InChI=1S/C27H30ClN3O3/c1-18(2)17-34-22-12-5-19(6-13-22)7-14-24-23(26(32)33)16-29-27(30-24)31-15-3-4-25(31)20-8-10-21(28)11-9-20/h5-6,8-13,16,18,25H,3-4,7,14-15,17H2,1-2H3,(H,32,33)/t25-/m1/s1. The van der Waals surface area contributed by atoms with E-state index in [1.807, 2.05) is 48.5 Å². The van der Waals surface area contributed by atoms with E-state index in [2.05, 4.69) is 23.7 Å². The molecule has 1 aromatic heterocycles. The van der Waals surface area contributed by atoms with Gasteiger partial charge in [0.1, 0.15) is 5.75 Å². The number of hydrogen-bond acceptors (Lipinski definition) is 5. The molecule has 7 heteroatoms. The summed E-state index contributed by atoms with van der Waals surface area (Å²) in [4.78, 5) is 23.2. The van der Waals surface area contributed by atoms with Crippen LogP contribution in [0.1, 0.15) is 59.9 Å². The van der Waals surface area contributed by atoms with Crippen molar-refractivity contribution in [3.05, 3.63) is 82.1 Å². The van der Waals surface area contributed by atoms with Crippen LogP contribution in [0.25, 0.3) is 0 Å². The van der Waals surface area contributed by atoms with Gasteiger partial charge >= 0.3 is 5.97 Å². The molecule has 6 nitrogen and oxygen atoms in total. The largest absolute Gasteiger partial charge is 0.493 e. The molecular formula is C27H30ClN3O3. The van der Waals surface area contributed by atoms with Crippen molar-refractivity contribution >= 4 is 23.5 Å². The molecule has 0 saturated carbocycles. The highest BCUT2D eigenvalue weighted by molar-refractivity contribution is 6.30. The average molecular weight is 480 g/mol. The molecule has 3 aromatic rings. The lowest BCUT2D eigenvalue weighted by Gasteiger charge is -2.25. The number of hydrogen-bond donors (Lipinski definition) is 1. The molecule has 1 aliphatic heterocycles. The van der Waals surface area contributed by atoms with E-state index in [1.165, 1.54) is 6.20 Å². The molecule has 1 N–H and O–H groups in total. The highest BCUT2D eigenvalue weighted by atomic mass is 35.5. The average Bonchev–Trinajstić information content (AvgIpc) is 3.32. The number of anilines is 1. The minimum atomic E-state index is -1.00. The normalized spacial score (nSPS) is 15.6. The van der Waals surface area contributed by atoms with Gasteiger partial charge in [-0.3, -0.25) is 0 Å². The molecule has 4 rings (SSSR count). The summed E-state index contributed by atoms with van der Waals surface area (Å²) in [7, 11) is 0. The van der Waals surface area contributed by atoms with E-state index in [1.54, 1.807) is 0 Å². The number of aromatic nitrogens is 2. The number of ether oxygens (including phenoxy) is 1. The van der Waals surface area contributed by atoms with Crippen LogP contribution in [0.5, 0.6) is 5.75 Å². The fourth-order valence-corrected chi connectivity index (χ4v) is 4.36. The van der Waals surface area contributed by atoms with Crippen LogP contribution in [0.15, 0.2) is 54.7 Å². The van der Waals surface area contributed by atoms with Gasteiger partial charge < -0.3 is 14.7 Å². The zero-order chi connectivity index (χ0) is 24.1. The Labute approximate surface area is 205 Å². The fraction of sp³-hybridized carbons (Fsp3) is 0.370. The van der Waals surface area contributed by atoms with Gasteiger partial charge in [0, 0.05) is 17.8 Å². The number of aryl methyl sites for hydroxylation is 2. The molecule has 1 saturated heterocycles. The smallest absolute Gasteiger partial charge is 0.339 e. The van der Waals surface area contributed by atoms with Crippen LogP contribution < -0.4 is 9.64 Å². The first kappa shape index (κ1) is 24.0. The van der Waals surface area contributed by atoms with Crippen LogP contribution in [0.3, 0.4) is 0 Å². The monoisotopic (exact) mass is 479 g/mol. The van der Waals surface area contributed by atoms with E-state index in [0.717, 1.165) is 36.3 Å². The van der Waals surface area contributed by atoms with Gasteiger partial charge in [-0.05, 0) is 67.0 Å². The Hall–Kier alpha value is -3.12. The van der Waals surface area contributed by atoms with Crippen molar-refractivity contribution < 1.29 is 14.6 Å². The van der Waals surface area contributed by atoms with Crippen LogP contribution in [-0.4, -0.2) is 34.2 Å². The highest BCUT2D eigenvalue weighted by Crippen LogP contribution is 2.35.